The van der Waals surface area contributed by atoms with Crippen LogP contribution in [-0.4, -0.2) is 38.5 Å². The SMILES string of the molecule is COCCOc1ccc(OC)c(C(=O)O)c1. The van der Waals surface area contributed by atoms with Crippen molar-refractivity contribution in [3.05, 3.63) is 23.8 Å². The maximum absolute atomic E-state index is 10.9. The molecule has 0 aliphatic rings. The van der Waals surface area contributed by atoms with Gasteiger partial charge in [-0.2, -0.15) is 0 Å². The zero-order chi connectivity index (χ0) is 12.0. The van der Waals surface area contributed by atoms with Crippen molar-refractivity contribution in [1.29, 1.82) is 0 Å². The third kappa shape index (κ3) is 3.13. The van der Waals surface area contributed by atoms with Crippen molar-refractivity contribution in [2.24, 2.45) is 0 Å². The van der Waals surface area contributed by atoms with E-state index in [1.165, 1.54) is 13.2 Å². The van der Waals surface area contributed by atoms with Crippen molar-refractivity contribution >= 4 is 5.97 Å². The van der Waals surface area contributed by atoms with E-state index in [9.17, 15) is 4.79 Å². The number of methoxy groups -OCH3 is 2. The molecule has 0 heterocycles. The summed E-state index contributed by atoms with van der Waals surface area (Å²) in [4.78, 5) is 10.9. The summed E-state index contributed by atoms with van der Waals surface area (Å²) in [6.07, 6.45) is 0. The van der Waals surface area contributed by atoms with Crippen LogP contribution in [0.5, 0.6) is 11.5 Å². The lowest BCUT2D eigenvalue weighted by Crippen LogP contribution is -2.06. The molecule has 1 N–H and O–H groups in total. The van der Waals surface area contributed by atoms with Crippen LogP contribution < -0.4 is 9.47 Å². The molecule has 0 aliphatic carbocycles. The minimum atomic E-state index is -1.05. The average molecular weight is 226 g/mol. The van der Waals surface area contributed by atoms with Crippen LogP contribution in [0.15, 0.2) is 18.2 Å². The van der Waals surface area contributed by atoms with Crippen LogP contribution in [0.2, 0.25) is 0 Å². The summed E-state index contributed by atoms with van der Waals surface area (Å²) in [5, 5.41) is 8.93. The number of benzene rings is 1. The quantitative estimate of drug-likeness (QED) is 0.743. The molecule has 0 saturated carbocycles. The standard InChI is InChI=1S/C11H14O5/c1-14-5-6-16-8-3-4-10(15-2)9(7-8)11(12)13/h3-4,7H,5-6H2,1-2H3,(H,12,13). The highest BCUT2D eigenvalue weighted by Gasteiger charge is 2.11. The molecule has 0 aromatic heterocycles. The molecular weight excluding hydrogens is 212 g/mol. The third-order valence-corrected chi connectivity index (χ3v) is 1.96. The van der Waals surface area contributed by atoms with Gasteiger partial charge in [0.1, 0.15) is 23.7 Å². The molecule has 0 atom stereocenters. The summed E-state index contributed by atoms with van der Waals surface area (Å²) in [6, 6.07) is 4.64. The van der Waals surface area contributed by atoms with Crippen LogP contribution in [0.25, 0.3) is 0 Å². The Kier molecular flexibility index (Phi) is 4.60. The van der Waals surface area contributed by atoms with Gasteiger partial charge in [0.15, 0.2) is 0 Å². The summed E-state index contributed by atoms with van der Waals surface area (Å²) in [5.74, 6) is -0.254. The first-order valence-corrected chi connectivity index (χ1v) is 4.72. The normalized spacial score (nSPS) is 9.88. The van der Waals surface area contributed by atoms with Crippen LogP contribution in [-0.2, 0) is 4.74 Å². The predicted molar refractivity (Wildman–Crippen MR) is 57.3 cm³/mol. The van der Waals surface area contributed by atoms with E-state index in [1.807, 2.05) is 0 Å². The lowest BCUT2D eigenvalue weighted by atomic mass is 10.2. The third-order valence-electron chi connectivity index (χ3n) is 1.96. The smallest absolute Gasteiger partial charge is 0.339 e. The van der Waals surface area contributed by atoms with E-state index in [0.717, 1.165) is 0 Å². The van der Waals surface area contributed by atoms with Gasteiger partial charge in [0.2, 0.25) is 0 Å². The Morgan fingerprint density at radius 3 is 2.62 bits per heavy atom. The van der Waals surface area contributed by atoms with E-state index in [0.29, 0.717) is 24.7 Å². The van der Waals surface area contributed by atoms with Gasteiger partial charge in [-0.1, -0.05) is 0 Å². The van der Waals surface area contributed by atoms with Gasteiger partial charge in [-0.15, -0.1) is 0 Å². The maximum atomic E-state index is 10.9. The van der Waals surface area contributed by atoms with Gasteiger partial charge in [0, 0.05) is 7.11 Å². The highest BCUT2D eigenvalue weighted by atomic mass is 16.5. The average Bonchev–Trinajstić information content (AvgIpc) is 2.29. The van der Waals surface area contributed by atoms with E-state index in [-0.39, 0.29) is 5.56 Å². The van der Waals surface area contributed by atoms with E-state index in [4.69, 9.17) is 19.3 Å². The highest BCUT2D eigenvalue weighted by Crippen LogP contribution is 2.23. The molecule has 0 aliphatic heterocycles. The molecule has 0 fully saturated rings. The van der Waals surface area contributed by atoms with Crippen molar-refractivity contribution in [3.63, 3.8) is 0 Å². The van der Waals surface area contributed by atoms with E-state index in [1.54, 1.807) is 19.2 Å². The number of carboxylic acids is 1. The highest BCUT2D eigenvalue weighted by molar-refractivity contribution is 5.91. The van der Waals surface area contributed by atoms with Gasteiger partial charge in [-0.25, -0.2) is 4.79 Å². The Morgan fingerprint density at radius 2 is 2.06 bits per heavy atom. The summed E-state index contributed by atoms with van der Waals surface area (Å²) in [7, 11) is 2.99. The van der Waals surface area contributed by atoms with Gasteiger partial charge in [0.25, 0.3) is 0 Å². The minimum absolute atomic E-state index is 0.0809. The second-order valence-corrected chi connectivity index (χ2v) is 3.01. The lowest BCUT2D eigenvalue weighted by molar-refractivity contribution is 0.0692. The van der Waals surface area contributed by atoms with Gasteiger partial charge in [-0.3, -0.25) is 0 Å². The molecule has 0 unspecified atom stereocenters. The molecular formula is C11H14O5. The first-order valence-electron chi connectivity index (χ1n) is 4.72. The molecule has 0 spiro atoms. The zero-order valence-electron chi connectivity index (χ0n) is 9.23. The van der Waals surface area contributed by atoms with Gasteiger partial charge >= 0.3 is 5.97 Å². The first-order chi connectivity index (χ1) is 7.69. The summed E-state index contributed by atoms with van der Waals surface area (Å²) >= 11 is 0. The molecule has 88 valence electrons. The second kappa shape index (κ2) is 5.97. The maximum Gasteiger partial charge on any atom is 0.339 e. The lowest BCUT2D eigenvalue weighted by Gasteiger charge is -2.09. The molecule has 0 saturated heterocycles. The molecule has 16 heavy (non-hydrogen) atoms. The van der Waals surface area contributed by atoms with E-state index < -0.39 is 5.97 Å². The fourth-order valence-corrected chi connectivity index (χ4v) is 1.19. The molecule has 0 bridgehead atoms. The molecule has 5 heteroatoms. The summed E-state index contributed by atoms with van der Waals surface area (Å²) < 4.78 is 15.0. The number of hydrogen-bond acceptors (Lipinski definition) is 4. The number of rotatable bonds is 6. The van der Waals surface area contributed by atoms with Gasteiger partial charge in [-0.05, 0) is 18.2 Å². The van der Waals surface area contributed by atoms with Crippen LogP contribution in [0.3, 0.4) is 0 Å². The molecule has 5 nitrogen and oxygen atoms in total. The van der Waals surface area contributed by atoms with E-state index in [2.05, 4.69) is 0 Å². The molecule has 1 rings (SSSR count). The van der Waals surface area contributed by atoms with Gasteiger partial charge < -0.3 is 19.3 Å². The number of aromatic carboxylic acids is 1. The van der Waals surface area contributed by atoms with Crippen LogP contribution in [0.1, 0.15) is 10.4 Å². The number of ether oxygens (including phenoxy) is 3. The van der Waals surface area contributed by atoms with Crippen molar-refractivity contribution in [1.82, 2.24) is 0 Å². The largest absolute Gasteiger partial charge is 0.496 e. The Hall–Kier alpha value is -1.75. The summed E-state index contributed by atoms with van der Waals surface area (Å²) in [6.45, 7) is 0.830. The number of carboxylic acid groups (broad SMARTS) is 1. The van der Waals surface area contributed by atoms with Crippen LogP contribution in [0, 0.1) is 0 Å². The molecule has 1 aromatic carbocycles. The fraction of sp³-hybridized carbons (Fsp3) is 0.364. The topological polar surface area (TPSA) is 65.0 Å². The first kappa shape index (κ1) is 12.3. The van der Waals surface area contributed by atoms with Crippen LogP contribution >= 0.6 is 0 Å². The second-order valence-electron chi connectivity index (χ2n) is 3.01. The monoisotopic (exact) mass is 226 g/mol. The van der Waals surface area contributed by atoms with Crippen molar-refractivity contribution in [2.75, 3.05) is 27.4 Å². The minimum Gasteiger partial charge on any atom is -0.496 e. The Balaban J connectivity index is 2.81. The Bertz CT molecular complexity index is 361. The Labute approximate surface area is 93.6 Å². The molecule has 1 aromatic rings. The zero-order valence-corrected chi connectivity index (χ0v) is 9.23. The number of hydrogen-bond donors (Lipinski definition) is 1. The van der Waals surface area contributed by atoms with Gasteiger partial charge in [0.05, 0.1) is 13.7 Å². The molecule has 0 radical (unpaired) electrons. The van der Waals surface area contributed by atoms with Crippen molar-refractivity contribution in [2.45, 2.75) is 0 Å². The van der Waals surface area contributed by atoms with Crippen LogP contribution in [0.4, 0.5) is 0 Å². The fourth-order valence-electron chi connectivity index (χ4n) is 1.19. The summed E-state index contributed by atoms with van der Waals surface area (Å²) in [5.41, 5.74) is 0.0809. The predicted octanol–water partition coefficient (Wildman–Crippen LogP) is 1.42. The Morgan fingerprint density at radius 1 is 1.31 bits per heavy atom. The number of carbonyl (C=O) groups is 1. The molecule has 0 amide bonds. The van der Waals surface area contributed by atoms with Crippen molar-refractivity contribution < 1.29 is 24.1 Å². The van der Waals surface area contributed by atoms with E-state index >= 15 is 0 Å². The van der Waals surface area contributed by atoms with Crippen molar-refractivity contribution in [3.8, 4) is 11.5 Å².